The van der Waals surface area contributed by atoms with E-state index in [1.807, 2.05) is 12.1 Å². The molecule has 0 spiro atoms. The van der Waals surface area contributed by atoms with Gasteiger partial charge in [0.25, 0.3) is 0 Å². The molecular weight excluding hydrogens is 397 g/mol. The minimum absolute atomic E-state index is 0.00472. The van der Waals surface area contributed by atoms with Crippen molar-refractivity contribution in [2.75, 3.05) is 25.0 Å². The quantitative estimate of drug-likeness (QED) is 0.615. The van der Waals surface area contributed by atoms with Gasteiger partial charge in [0.05, 0.1) is 40.9 Å². The van der Waals surface area contributed by atoms with Crippen molar-refractivity contribution >= 4 is 46.2 Å². The van der Waals surface area contributed by atoms with Gasteiger partial charge in [0.1, 0.15) is 5.82 Å². The molecule has 0 aliphatic carbocycles. The van der Waals surface area contributed by atoms with E-state index < -0.39 is 5.24 Å². The third-order valence-corrected chi connectivity index (χ3v) is 5.68. The number of anilines is 1. The molecule has 0 saturated carbocycles. The van der Waals surface area contributed by atoms with Crippen molar-refractivity contribution in [2.24, 2.45) is 11.8 Å². The number of nitrogens with zero attached hydrogens (tertiary/aromatic N) is 5. The van der Waals surface area contributed by atoms with Crippen LogP contribution in [-0.2, 0) is 10.0 Å². The number of amides is 1. The van der Waals surface area contributed by atoms with Gasteiger partial charge in [-0.05, 0) is 49.2 Å². The van der Waals surface area contributed by atoms with Gasteiger partial charge in [-0.2, -0.15) is 5.10 Å². The van der Waals surface area contributed by atoms with Crippen LogP contribution in [0.4, 0.5) is 5.82 Å². The highest BCUT2D eigenvalue weighted by molar-refractivity contribution is 6.56. The molecule has 10 heteroatoms. The molecule has 1 aliphatic heterocycles. The van der Waals surface area contributed by atoms with Crippen LogP contribution < -0.4 is 5.32 Å². The molecule has 0 bridgehead atoms. The average Bonchev–Trinajstić information content (AvgIpc) is 3.24. The fourth-order valence-electron chi connectivity index (χ4n) is 4.03. The molecular formula is C22H25B3N6O. The SMILES string of the molecule is [B]C([B])([B])n1cc(-c2ccc3cnc(NC(=O)C4CCN(CC(C)C)CC4)cc3n2)cn1. The van der Waals surface area contributed by atoms with Crippen molar-refractivity contribution in [1.82, 2.24) is 24.6 Å². The number of carbonyl (C=O) groups excluding carboxylic acids is 1. The van der Waals surface area contributed by atoms with Gasteiger partial charge in [0.2, 0.25) is 5.91 Å². The van der Waals surface area contributed by atoms with E-state index in [2.05, 4.69) is 39.1 Å². The van der Waals surface area contributed by atoms with Gasteiger partial charge in [-0.25, -0.2) is 9.97 Å². The number of fused-ring (bicyclic) bond motifs is 1. The van der Waals surface area contributed by atoms with E-state index in [9.17, 15) is 4.79 Å². The zero-order chi connectivity index (χ0) is 22.9. The number of piperidine rings is 1. The topological polar surface area (TPSA) is 75.9 Å². The van der Waals surface area contributed by atoms with E-state index in [4.69, 9.17) is 23.5 Å². The fourth-order valence-corrected chi connectivity index (χ4v) is 4.03. The number of carbonyl (C=O) groups is 1. The minimum atomic E-state index is -1.58. The Hall–Kier alpha value is -2.61. The highest BCUT2D eigenvalue weighted by Gasteiger charge is 2.25. The van der Waals surface area contributed by atoms with Crippen LogP contribution in [0.1, 0.15) is 26.7 Å². The molecule has 3 aromatic heterocycles. The Morgan fingerprint density at radius 1 is 1.22 bits per heavy atom. The maximum Gasteiger partial charge on any atom is 0.228 e. The molecule has 0 aromatic carbocycles. The van der Waals surface area contributed by atoms with E-state index in [1.54, 1.807) is 24.7 Å². The summed E-state index contributed by atoms with van der Waals surface area (Å²) in [6.45, 7) is 7.43. The van der Waals surface area contributed by atoms with Crippen LogP contribution in [-0.4, -0.2) is 73.7 Å². The molecule has 3 aromatic rings. The van der Waals surface area contributed by atoms with Crippen LogP contribution in [0.3, 0.4) is 0 Å². The van der Waals surface area contributed by atoms with Crippen molar-refractivity contribution in [3.63, 3.8) is 0 Å². The minimum Gasteiger partial charge on any atom is -0.310 e. The highest BCUT2D eigenvalue weighted by Crippen LogP contribution is 2.24. The summed E-state index contributed by atoms with van der Waals surface area (Å²) in [5.74, 6) is 1.16. The first-order chi connectivity index (χ1) is 15.2. The maximum absolute atomic E-state index is 12.8. The zero-order valence-corrected chi connectivity index (χ0v) is 18.5. The van der Waals surface area contributed by atoms with Gasteiger partial charge in [0.15, 0.2) is 0 Å². The highest BCUT2D eigenvalue weighted by atomic mass is 16.1. The lowest BCUT2D eigenvalue weighted by Crippen LogP contribution is -2.39. The summed E-state index contributed by atoms with van der Waals surface area (Å²) in [4.78, 5) is 24.3. The van der Waals surface area contributed by atoms with Gasteiger partial charge < -0.3 is 10.2 Å². The van der Waals surface area contributed by atoms with Gasteiger partial charge >= 0.3 is 0 Å². The van der Waals surface area contributed by atoms with Crippen molar-refractivity contribution in [2.45, 2.75) is 31.9 Å². The van der Waals surface area contributed by atoms with Gasteiger partial charge in [-0.3, -0.25) is 9.48 Å². The summed E-state index contributed by atoms with van der Waals surface area (Å²) >= 11 is 0. The molecule has 7 nitrogen and oxygen atoms in total. The standard InChI is InChI=1S/C22H25B3N6O/c1-14(2)12-30-7-5-15(6-8-30)21(32)29-20-9-19-16(10-26-20)3-4-18(28-19)17-11-27-31(13-17)22(23,24)25/h3-4,9-11,13-15H,5-8,12H2,1-2H3,(H,26,29,32). The molecule has 1 N–H and O–H groups in total. The predicted molar refractivity (Wildman–Crippen MR) is 129 cm³/mol. The van der Waals surface area contributed by atoms with Crippen LogP contribution >= 0.6 is 0 Å². The molecule has 1 aliphatic rings. The summed E-state index contributed by atoms with van der Waals surface area (Å²) in [6.07, 6.45) is 6.68. The van der Waals surface area contributed by atoms with Crippen LogP contribution in [0.25, 0.3) is 22.2 Å². The lowest BCUT2D eigenvalue weighted by atomic mass is 9.49. The van der Waals surface area contributed by atoms with Crippen LogP contribution in [0.15, 0.2) is 36.8 Å². The second-order valence-electron chi connectivity index (χ2n) is 8.98. The zero-order valence-electron chi connectivity index (χ0n) is 18.5. The Bertz CT molecular complexity index is 1100. The molecule has 4 rings (SSSR count). The first-order valence-electron chi connectivity index (χ1n) is 10.9. The predicted octanol–water partition coefficient (Wildman–Crippen LogP) is 1.87. The number of pyridine rings is 2. The van der Waals surface area contributed by atoms with Crippen molar-refractivity contribution < 1.29 is 4.79 Å². The molecule has 1 saturated heterocycles. The number of rotatable bonds is 6. The first kappa shape index (κ1) is 22.6. The summed E-state index contributed by atoms with van der Waals surface area (Å²) in [7, 11) is 17.0. The average molecular weight is 422 g/mol. The molecule has 1 amide bonds. The van der Waals surface area contributed by atoms with Crippen molar-refractivity contribution in [3.8, 4) is 11.3 Å². The second kappa shape index (κ2) is 9.10. The molecule has 158 valence electrons. The number of aromatic nitrogens is 4. The van der Waals surface area contributed by atoms with Gasteiger partial charge in [0, 0.05) is 41.9 Å². The lowest BCUT2D eigenvalue weighted by Gasteiger charge is -2.32. The number of hydrogen-bond acceptors (Lipinski definition) is 5. The van der Waals surface area contributed by atoms with Gasteiger partial charge in [-0.15, -0.1) is 0 Å². The molecule has 32 heavy (non-hydrogen) atoms. The Morgan fingerprint density at radius 3 is 2.62 bits per heavy atom. The Labute approximate surface area is 192 Å². The van der Waals surface area contributed by atoms with E-state index >= 15 is 0 Å². The largest absolute Gasteiger partial charge is 0.310 e. The van der Waals surface area contributed by atoms with Crippen molar-refractivity contribution in [3.05, 3.63) is 36.8 Å². The Kier molecular flexibility index (Phi) is 6.42. The molecule has 0 unspecified atom stereocenters. The molecule has 0 atom stereocenters. The van der Waals surface area contributed by atoms with Crippen molar-refractivity contribution in [1.29, 1.82) is 0 Å². The van der Waals surface area contributed by atoms with Crippen LogP contribution in [0.2, 0.25) is 0 Å². The van der Waals surface area contributed by atoms with Gasteiger partial charge in [-0.1, -0.05) is 13.8 Å². The summed E-state index contributed by atoms with van der Waals surface area (Å²) in [5, 5.41) is 6.36. The van der Waals surface area contributed by atoms with E-state index in [-0.39, 0.29) is 11.8 Å². The summed E-state index contributed by atoms with van der Waals surface area (Å²) in [5.41, 5.74) is 2.13. The number of nitrogens with one attached hydrogen (secondary N) is 1. The second-order valence-corrected chi connectivity index (χ2v) is 8.98. The third kappa shape index (κ3) is 5.23. The fraction of sp³-hybridized carbons (Fsp3) is 0.455. The number of hydrogen-bond donors (Lipinski definition) is 1. The summed E-state index contributed by atoms with van der Waals surface area (Å²) < 4.78 is 1.28. The maximum atomic E-state index is 12.8. The van der Waals surface area contributed by atoms with E-state index in [1.165, 1.54) is 4.68 Å². The Morgan fingerprint density at radius 2 is 1.97 bits per heavy atom. The lowest BCUT2D eigenvalue weighted by molar-refractivity contribution is -0.121. The first-order valence-corrected chi connectivity index (χ1v) is 10.9. The Balaban J connectivity index is 1.46. The summed E-state index contributed by atoms with van der Waals surface area (Å²) in [6, 6.07) is 5.56. The normalized spacial score (nSPS) is 16.0. The third-order valence-electron chi connectivity index (χ3n) is 5.68. The van der Waals surface area contributed by atoms with E-state index in [0.29, 0.717) is 22.9 Å². The van der Waals surface area contributed by atoms with Crippen LogP contribution in [0.5, 0.6) is 0 Å². The van der Waals surface area contributed by atoms with Crippen LogP contribution in [0, 0.1) is 11.8 Å². The smallest absolute Gasteiger partial charge is 0.228 e. The molecule has 4 heterocycles. The monoisotopic (exact) mass is 422 g/mol. The number of likely N-dealkylation sites (tertiary alicyclic amines) is 1. The molecule has 6 radical (unpaired) electrons. The van der Waals surface area contributed by atoms with E-state index in [0.717, 1.165) is 43.4 Å². The molecule has 1 fully saturated rings.